The molecule has 138 valence electrons. The van der Waals surface area contributed by atoms with Crippen molar-refractivity contribution in [1.82, 2.24) is 9.80 Å². The lowest BCUT2D eigenvalue weighted by molar-refractivity contribution is -0.149. The molecule has 1 unspecified atom stereocenters. The first-order valence-electron chi connectivity index (χ1n) is 8.48. The van der Waals surface area contributed by atoms with E-state index in [4.69, 9.17) is 0 Å². The average Bonchev–Trinajstić information content (AvgIpc) is 2.73. The highest BCUT2D eigenvalue weighted by molar-refractivity contribution is 5.80. The highest BCUT2D eigenvalue weighted by Crippen LogP contribution is 2.23. The predicted molar refractivity (Wildman–Crippen MR) is 87.6 cm³/mol. The molecule has 1 atom stereocenters. The molecular weight excluding hydrogens is 333 g/mol. The van der Waals surface area contributed by atoms with Gasteiger partial charge in [-0.05, 0) is 12.0 Å². The molecule has 0 aliphatic carbocycles. The zero-order valence-electron chi connectivity index (χ0n) is 14.3. The van der Waals surface area contributed by atoms with Gasteiger partial charge in [0, 0.05) is 38.5 Å². The molecule has 0 bridgehead atoms. The summed E-state index contributed by atoms with van der Waals surface area (Å²) in [5, 5.41) is 0. The normalized spacial score (nSPS) is 19.0. The van der Waals surface area contributed by atoms with E-state index in [2.05, 4.69) is 0 Å². The summed E-state index contributed by atoms with van der Waals surface area (Å²) in [6.07, 6.45) is -5.25. The Kier molecular flexibility index (Phi) is 6.45. The molecule has 1 aliphatic heterocycles. The fourth-order valence-electron chi connectivity index (χ4n) is 3.00. The largest absolute Gasteiger partial charge is 0.389 e. The highest BCUT2D eigenvalue weighted by Gasteiger charge is 2.33. The molecule has 1 heterocycles. The van der Waals surface area contributed by atoms with E-state index in [1.165, 1.54) is 4.90 Å². The van der Waals surface area contributed by atoms with Crippen molar-refractivity contribution in [3.8, 4) is 0 Å². The number of amides is 2. The highest BCUT2D eigenvalue weighted by atomic mass is 19.4. The lowest BCUT2D eigenvalue weighted by Crippen LogP contribution is -2.43. The van der Waals surface area contributed by atoms with Gasteiger partial charge in [-0.2, -0.15) is 13.2 Å². The molecule has 0 aromatic heterocycles. The van der Waals surface area contributed by atoms with Gasteiger partial charge in [-0.1, -0.05) is 37.3 Å². The lowest BCUT2D eigenvalue weighted by Gasteiger charge is -2.31. The average molecular weight is 356 g/mol. The number of hydrogen-bond donors (Lipinski definition) is 0. The van der Waals surface area contributed by atoms with Gasteiger partial charge in [0.05, 0.1) is 6.42 Å². The lowest BCUT2D eigenvalue weighted by atomic mass is 10.1. The minimum Gasteiger partial charge on any atom is -0.340 e. The fourth-order valence-corrected chi connectivity index (χ4v) is 3.00. The van der Waals surface area contributed by atoms with Crippen LogP contribution in [0.5, 0.6) is 0 Å². The summed E-state index contributed by atoms with van der Waals surface area (Å²) in [6.45, 7) is 2.82. The van der Waals surface area contributed by atoms with E-state index in [0.29, 0.717) is 13.0 Å². The quantitative estimate of drug-likeness (QED) is 0.812. The van der Waals surface area contributed by atoms with Crippen molar-refractivity contribution in [2.24, 2.45) is 0 Å². The van der Waals surface area contributed by atoms with Gasteiger partial charge >= 0.3 is 6.18 Å². The summed E-state index contributed by atoms with van der Waals surface area (Å²) in [7, 11) is 0. The van der Waals surface area contributed by atoms with Crippen molar-refractivity contribution in [2.75, 3.05) is 13.1 Å². The third-order valence-corrected chi connectivity index (χ3v) is 4.43. The fraction of sp³-hybridized carbons (Fsp3) is 0.556. The monoisotopic (exact) mass is 356 g/mol. The summed E-state index contributed by atoms with van der Waals surface area (Å²) in [5.41, 5.74) is 0.992. The molecule has 2 amide bonds. The minimum absolute atomic E-state index is 0.0678. The third-order valence-electron chi connectivity index (χ3n) is 4.43. The van der Waals surface area contributed by atoms with Gasteiger partial charge in [0.1, 0.15) is 0 Å². The Bertz CT molecular complexity index is 590. The van der Waals surface area contributed by atoms with Crippen LogP contribution in [0.1, 0.15) is 38.2 Å². The molecule has 4 nitrogen and oxygen atoms in total. The molecule has 7 heteroatoms. The predicted octanol–water partition coefficient (Wildman–Crippen LogP) is 3.37. The SMILES string of the molecule is CCC1CN(C(=O)CCC(F)(F)F)CCC(=O)N1Cc1ccccc1. The van der Waals surface area contributed by atoms with Crippen molar-refractivity contribution in [2.45, 2.75) is 51.4 Å². The van der Waals surface area contributed by atoms with Gasteiger partial charge in [0.2, 0.25) is 11.8 Å². The van der Waals surface area contributed by atoms with Crippen LogP contribution in [0.3, 0.4) is 0 Å². The third kappa shape index (κ3) is 5.76. The van der Waals surface area contributed by atoms with E-state index in [1.807, 2.05) is 37.3 Å². The van der Waals surface area contributed by atoms with Crippen LogP contribution >= 0.6 is 0 Å². The van der Waals surface area contributed by atoms with Gasteiger partial charge in [-0.15, -0.1) is 0 Å². The van der Waals surface area contributed by atoms with Crippen LogP contribution in [0.25, 0.3) is 0 Å². The van der Waals surface area contributed by atoms with Gasteiger partial charge in [-0.3, -0.25) is 9.59 Å². The van der Waals surface area contributed by atoms with E-state index >= 15 is 0 Å². The number of halogens is 3. The van der Waals surface area contributed by atoms with E-state index in [1.54, 1.807) is 4.90 Å². The Hall–Kier alpha value is -2.05. The van der Waals surface area contributed by atoms with Crippen molar-refractivity contribution < 1.29 is 22.8 Å². The standard InChI is InChI=1S/C18H23F3N2O2/c1-2-15-13-22(16(24)8-10-18(19,20)21)11-9-17(25)23(15)12-14-6-4-3-5-7-14/h3-7,15H,2,8-13H2,1H3. The molecular formula is C18H23F3N2O2. The van der Waals surface area contributed by atoms with E-state index < -0.39 is 24.9 Å². The Balaban J connectivity index is 2.05. The zero-order valence-corrected chi connectivity index (χ0v) is 14.3. The summed E-state index contributed by atoms with van der Waals surface area (Å²) in [4.78, 5) is 27.8. The van der Waals surface area contributed by atoms with Crippen molar-refractivity contribution >= 4 is 11.8 Å². The summed E-state index contributed by atoms with van der Waals surface area (Å²) >= 11 is 0. The van der Waals surface area contributed by atoms with Gasteiger partial charge < -0.3 is 9.80 Å². The van der Waals surface area contributed by atoms with Crippen molar-refractivity contribution in [3.05, 3.63) is 35.9 Å². The van der Waals surface area contributed by atoms with Gasteiger partial charge in [0.25, 0.3) is 0 Å². The minimum atomic E-state index is -4.35. The summed E-state index contributed by atoms with van der Waals surface area (Å²) < 4.78 is 37.0. The number of hydrogen-bond acceptors (Lipinski definition) is 2. The number of carbonyl (C=O) groups is 2. The summed E-state index contributed by atoms with van der Waals surface area (Å²) in [6, 6.07) is 9.35. The van der Waals surface area contributed by atoms with E-state index in [0.717, 1.165) is 5.56 Å². The van der Waals surface area contributed by atoms with Crippen LogP contribution in [-0.2, 0) is 16.1 Å². The second-order valence-electron chi connectivity index (χ2n) is 6.27. The van der Waals surface area contributed by atoms with Crippen LogP contribution < -0.4 is 0 Å². The number of carbonyl (C=O) groups excluding carboxylic acids is 2. The number of rotatable bonds is 5. The zero-order chi connectivity index (χ0) is 18.4. The van der Waals surface area contributed by atoms with Crippen molar-refractivity contribution in [3.63, 3.8) is 0 Å². The van der Waals surface area contributed by atoms with Crippen molar-refractivity contribution in [1.29, 1.82) is 0 Å². The van der Waals surface area contributed by atoms with Crippen LogP contribution in [-0.4, -0.2) is 46.9 Å². The first-order valence-corrected chi connectivity index (χ1v) is 8.48. The molecule has 0 radical (unpaired) electrons. The first-order chi connectivity index (χ1) is 11.8. The maximum atomic E-state index is 12.5. The molecule has 0 N–H and O–H groups in total. The first kappa shape index (κ1) is 19.3. The maximum absolute atomic E-state index is 12.5. The second-order valence-corrected chi connectivity index (χ2v) is 6.27. The van der Waals surface area contributed by atoms with E-state index in [-0.39, 0.29) is 31.5 Å². The Morgan fingerprint density at radius 1 is 1.24 bits per heavy atom. The summed E-state index contributed by atoms with van der Waals surface area (Å²) in [5.74, 6) is -0.605. The topological polar surface area (TPSA) is 40.6 Å². The van der Waals surface area contributed by atoms with Crippen LogP contribution in [0.15, 0.2) is 30.3 Å². The van der Waals surface area contributed by atoms with Crippen LogP contribution in [0.4, 0.5) is 13.2 Å². The molecule has 1 aromatic rings. The molecule has 0 saturated carbocycles. The van der Waals surface area contributed by atoms with Gasteiger partial charge in [-0.25, -0.2) is 0 Å². The molecule has 1 aliphatic rings. The Morgan fingerprint density at radius 2 is 1.92 bits per heavy atom. The molecule has 1 aromatic carbocycles. The van der Waals surface area contributed by atoms with E-state index in [9.17, 15) is 22.8 Å². The number of benzene rings is 1. The molecule has 2 rings (SSSR count). The molecule has 1 saturated heterocycles. The van der Waals surface area contributed by atoms with Crippen LogP contribution in [0, 0.1) is 0 Å². The van der Waals surface area contributed by atoms with Crippen LogP contribution in [0.2, 0.25) is 0 Å². The second kappa shape index (κ2) is 8.36. The number of nitrogens with zero attached hydrogens (tertiary/aromatic N) is 2. The Morgan fingerprint density at radius 3 is 2.52 bits per heavy atom. The maximum Gasteiger partial charge on any atom is 0.389 e. The molecule has 25 heavy (non-hydrogen) atoms. The Labute approximate surface area is 145 Å². The number of alkyl halides is 3. The smallest absolute Gasteiger partial charge is 0.340 e. The molecule has 1 fully saturated rings. The molecule has 0 spiro atoms. The van der Waals surface area contributed by atoms with Gasteiger partial charge in [0.15, 0.2) is 0 Å².